The fourth-order valence-corrected chi connectivity index (χ4v) is 3.76. The lowest BCUT2D eigenvalue weighted by atomic mass is 10.3. The third kappa shape index (κ3) is 3.38. The van der Waals surface area contributed by atoms with Crippen LogP contribution in [0.5, 0.6) is 0 Å². The molecule has 92 valence electrons. The maximum atomic E-state index is 11.6. The first-order valence-electron chi connectivity index (χ1n) is 5.48. The van der Waals surface area contributed by atoms with Crippen LogP contribution in [0.25, 0.3) is 0 Å². The van der Waals surface area contributed by atoms with E-state index in [0.717, 1.165) is 19.5 Å². The lowest BCUT2D eigenvalue weighted by Gasteiger charge is -2.15. The van der Waals surface area contributed by atoms with Crippen LogP contribution in [0, 0.1) is 0 Å². The van der Waals surface area contributed by atoms with Crippen molar-refractivity contribution in [2.24, 2.45) is 5.73 Å². The summed E-state index contributed by atoms with van der Waals surface area (Å²) in [6.07, 6.45) is 3.39. The van der Waals surface area contributed by atoms with Crippen LogP contribution in [0.15, 0.2) is 0 Å². The number of nitrogens with two attached hydrogens (primary N) is 1. The molecule has 0 aromatic heterocycles. The van der Waals surface area contributed by atoms with Crippen molar-refractivity contribution in [2.75, 3.05) is 18.8 Å². The summed E-state index contributed by atoms with van der Waals surface area (Å²) in [7, 11) is -3.34. The molecule has 1 aliphatic heterocycles. The molecule has 2 rings (SSSR count). The molecule has 0 amide bonds. The molecule has 1 saturated carbocycles. The Hall–Kier alpha value is -0.240. The quantitative estimate of drug-likeness (QED) is 0.650. The van der Waals surface area contributed by atoms with Crippen LogP contribution >= 0.6 is 12.2 Å². The molecule has 2 aliphatic rings. The molecular formula is C9H17N3O2S2. The van der Waals surface area contributed by atoms with E-state index in [1.807, 2.05) is 0 Å². The second-order valence-corrected chi connectivity index (χ2v) is 6.83. The average molecular weight is 263 g/mol. The molecule has 0 bridgehead atoms. The fraction of sp³-hybridized carbons (Fsp3) is 0.889. The minimum atomic E-state index is -3.34. The smallest absolute Gasteiger partial charge is 0.218 e. The van der Waals surface area contributed by atoms with Gasteiger partial charge in [-0.2, -0.15) is 0 Å². The number of likely N-dealkylation sites (tertiary alicyclic amines) is 1. The summed E-state index contributed by atoms with van der Waals surface area (Å²) in [5.41, 5.74) is 5.24. The summed E-state index contributed by atoms with van der Waals surface area (Å²) in [6.45, 7) is 1.81. The first-order valence-corrected chi connectivity index (χ1v) is 7.55. The van der Waals surface area contributed by atoms with Crippen molar-refractivity contribution in [3.05, 3.63) is 0 Å². The zero-order valence-corrected chi connectivity index (χ0v) is 10.7. The highest BCUT2D eigenvalue weighted by Gasteiger charge is 2.35. The standard InChI is InChI=1S/C9H17N3O2S2/c10-9(15)6-16(13,14)11-7-3-4-12(5-7)8-1-2-8/h7-8,11H,1-6H2,(H2,10,15). The molecular weight excluding hydrogens is 246 g/mol. The Balaban J connectivity index is 1.83. The van der Waals surface area contributed by atoms with Gasteiger partial charge in [-0.3, -0.25) is 4.90 Å². The van der Waals surface area contributed by atoms with E-state index in [1.165, 1.54) is 12.8 Å². The molecule has 1 unspecified atom stereocenters. The largest absolute Gasteiger partial charge is 0.392 e. The van der Waals surface area contributed by atoms with Gasteiger partial charge in [0.2, 0.25) is 10.0 Å². The van der Waals surface area contributed by atoms with E-state index < -0.39 is 10.0 Å². The zero-order chi connectivity index (χ0) is 11.8. The number of sulfonamides is 1. The number of hydrogen-bond acceptors (Lipinski definition) is 4. The van der Waals surface area contributed by atoms with Crippen LogP contribution in [-0.4, -0.2) is 49.2 Å². The molecule has 1 aliphatic carbocycles. The Morgan fingerprint density at radius 3 is 2.69 bits per heavy atom. The van der Waals surface area contributed by atoms with Crippen LogP contribution in [0.3, 0.4) is 0 Å². The molecule has 0 radical (unpaired) electrons. The first kappa shape index (κ1) is 12.2. The normalized spacial score (nSPS) is 27.1. The van der Waals surface area contributed by atoms with Gasteiger partial charge in [0.15, 0.2) is 0 Å². The lowest BCUT2D eigenvalue weighted by molar-refractivity contribution is 0.322. The first-order chi connectivity index (χ1) is 7.46. The fourth-order valence-electron chi connectivity index (χ4n) is 2.14. The number of rotatable bonds is 5. The van der Waals surface area contributed by atoms with E-state index in [1.54, 1.807) is 0 Å². The molecule has 5 nitrogen and oxygen atoms in total. The topological polar surface area (TPSA) is 75.4 Å². The van der Waals surface area contributed by atoms with Gasteiger partial charge in [-0.25, -0.2) is 13.1 Å². The number of hydrogen-bond donors (Lipinski definition) is 2. The highest BCUT2D eigenvalue weighted by molar-refractivity contribution is 7.92. The van der Waals surface area contributed by atoms with Crippen LogP contribution < -0.4 is 10.5 Å². The van der Waals surface area contributed by atoms with Crippen molar-refractivity contribution in [3.8, 4) is 0 Å². The summed E-state index contributed by atoms with van der Waals surface area (Å²) in [6, 6.07) is 0.727. The minimum absolute atomic E-state index is 0.0181. The van der Waals surface area contributed by atoms with Crippen molar-refractivity contribution >= 4 is 27.2 Å². The van der Waals surface area contributed by atoms with Crippen molar-refractivity contribution in [3.63, 3.8) is 0 Å². The van der Waals surface area contributed by atoms with E-state index in [0.29, 0.717) is 6.04 Å². The predicted octanol–water partition coefficient (Wildman–Crippen LogP) is -0.571. The van der Waals surface area contributed by atoms with Gasteiger partial charge >= 0.3 is 0 Å². The van der Waals surface area contributed by atoms with E-state index >= 15 is 0 Å². The van der Waals surface area contributed by atoms with E-state index in [-0.39, 0.29) is 16.8 Å². The zero-order valence-electron chi connectivity index (χ0n) is 9.05. The second-order valence-electron chi connectivity index (χ2n) is 4.55. The highest BCUT2D eigenvalue weighted by atomic mass is 32.2. The average Bonchev–Trinajstić information content (AvgIpc) is 2.86. The number of thiocarbonyl (C=S) groups is 1. The predicted molar refractivity (Wildman–Crippen MR) is 66.7 cm³/mol. The molecule has 0 aromatic carbocycles. The molecule has 3 N–H and O–H groups in total. The van der Waals surface area contributed by atoms with Crippen LogP contribution in [0.2, 0.25) is 0 Å². The van der Waals surface area contributed by atoms with Gasteiger partial charge in [-0.1, -0.05) is 12.2 Å². The molecule has 1 saturated heterocycles. The molecule has 0 spiro atoms. The monoisotopic (exact) mass is 263 g/mol. The lowest BCUT2D eigenvalue weighted by Crippen LogP contribution is -2.41. The van der Waals surface area contributed by atoms with Gasteiger partial charge in [0, 0.05) is 25.2 Å². The minimum Gasteiger partial charge on any atom is -0.392 e. The third-order valence-corrected chi connectivity index (χ3v) is 4.67. The van der Waals surface area contributed by atoms with Crippen molar-refractivity contribution in [2.45, 2.75) is 31.3 Å². The van der Waals surface area contributed by atoms with Crippen molar-refractivity contribution in [1.29, 1.82) is 0 Å². The number of nitrogens with zero attached hydrogens (tertiary/aromatic N) is 1. The second kappa shape index (κ2) is 4.56. The molecule has 1 heterocycles. The molecule has 7 heteroatoms. The Kier molecular flexibility index (Phi) is 3.48. The van der Waals surface area contributed by atoms with Gasteiger partial charge in [-0.05, 0) is 19.3 Å². The Bertz CT molecular complexity index is 378. The summed E-state index contributed by atoms with van der Waals surface area (Å²) in [5, 5.41) is 0. The molecule has 1 atom stereocenters. The molecule has 16 heavy (non-hydrogen) atoms. The van der Waals surface area contributed by atoms with Gasteiger partial charge in [0.05, 0.1) is 4.99 Å². The van der Waals surface area contributed by atoms with Crippen LogP contribution in [-0.2, 0) is 10.0 Å². The summed E-state index contributed by atoms with van der Waals surface area (Å²) < 4.78 is 25.8. The van der Waals surface area contributed by atoms with Crippen LogP contribution in [0.1, 0.15) is 19.3 Å². The Labute approximate surface area is 101 Å². The van der Waals surface area contributed by atoms with Gasteiger partial charge < -0.3 is 5.73 Å². The molecule has 0 aromatic rings. The third-order valence-electron chi connectivity index (χ3n) is 2.96. The van der Waals surface area contributed by atoms with E-state index in [2.05, 4.69) is 21.8 Å². The summed E-state index contributed by atoms with van der Waals surface area (Å²) in [5.74, 6) is -0.248. The highest BCUT2D eigenvalue weighted by Crippen LogP contribution is 2.29. The van der Waals surface area contributed by atoms with E-state index in [9.17, 15) is 8.42 Å². The van der Waals surface area contributed by atoms with Crippen molar-refractivity contribution < 1.29 is 8.42 Å². The Morgan fingerprint density at radius 2 is 2.12 bits per heavy atom. The summed E-state index contributed by atoms with van der Waals surface area (Å²) in [4.78, 5) is 2.37. The van der Waals surface area contributed by atoms with Gasteiger partial charge in [-0.15, -0.1) is 0 Å². The Morgan fingerprint density at radius 1 is 1.44 bits per heavy atom. The SMILES string of the molecule is NC(=S)CS(=O)(=O)NC1CCN(C2CC2)C1. The van der Waals surface area contributed by atoms with E-state index in [4.69, 9.17) is 5.73 Å². The van der Waals surface area contributed by atoms with Crippen LogP contribution in [0.4, 0.5) is 0 Å². The maximum Gasteiger partial charge on any atom is 0.218 e. The van der Waals surface area contributed by atoms with Crippen molar-refractivity contribution in [1.82, 2.24) is 9.62 Å². The van der Waals surface area contributed by atoms with Gasteiger partial charge in [0.1, 0.15) is 5.75 Å². The summed E-state index contributed by atoms with van der Waals surface area (Å²) >= 11 is 4.61. The van der Waals surface area contributed by atoms with Gasteiger partial charge in [0.25, 0.3) is 0 Å². The maximum absolute atomic E-state index is 11.6. The number of nitrogens with one attached hydrogen (secondary N) is 1. The molecule has 2 fully saturated rings.